The van der Waals surface area contributed by atoms with Gasteiger partial charge in [-0.2, -0.15) is 8.78 Å². The topological polar surface area (TPSA) is 84.6 Å². The zero-order valence-electron chi connectivity index (χ0n) is 19.6. The van der Waals surface area contributed by atoms with E-state index >= 15 is 0 Å². The Labute approximate surface area is 201 Å². The number of alkyl halides is 2. The molecule has 3 aliphatic rings. The molecule has 188 valence electrons. The van der Waals surface area contributed by atoms with Gasteiger partial charge in [0.05, 0.1) is 10.9 Å². The number of piperazine rings is 1. The van der Waals surface area contributed by atoms with Crippen LogP contribution in [0.5, 0.6) is 0 Å². The van der Waals surface area contributed by atoms with Crippen LogP contribution in [0.3, 0.4) is 0 Å². The Hall–Kier alpha value is -3.04. The van der Waals surface area contributed by atoms with E-state index in [2.05, 4.69) is 0 Å². The number of halogens is 2. The van der Waals surface area contributed by atoms with Gasteiger partial charge in [-0.3, -0.25) is 19.0 Å². The van der Waals surface area contributed by atoms with Crippen LogP contribution in [0.25, 0.3) is 10.9 Å². The summed E-state index contributed by atoms with van der Waals surface area (Å²) in [7, 11) is 0. The van der Waals surface area contributed by atoms with Gasteiger partial charge in [-0.25, -0.2) is 9.36 Å². The van der Waals surface area contributed by atoms with Crippen LogP contribution in [0.1, 0.15) is 45.1 Å². The van der Waals surface area contributed by atoms with Crippen molar-refractivity contribution in [3.05, 3.63) is 45.1 Å². The Morgan fingerprint density at radius 1 is 0.829 bits per heavy atom. The summed E-state index contributed by atoms with van der Waals surface area (Å²) >= 11 is 0. The number of amides is 2. The van der Waals surface area contributed by atoms with Gasteiger partial charge in [0.2, 0.25) is 11.8 Å². The van der Waals surface area contributed by atoms with Gasteiger partial charge in [0, 0.05) is 44.6 Å². The van der Waals surface area contributed by atoms with E-state index < -0.39 is 17.8 Å². The molecule has 0 radical (unpaired) electrons. The standard InChI is InChI=1S/C25H30F2N4O4/c26-24(27)31-20-4-2-1-3-19(20)23(34)30(25(31)35)15-16-5-7-17(8-6-16)21(32)28-11-13-29(14-12-28)22(33)18-9-10-18/h1-4,16-18,24H,5-15H2/t16-,17-. The molecule has 2 amide bonds. The third kappa shape index (κ3) is 4.62. The molecule has 5 rings (SSSR count). The van der Waals surface area contributed by atoms with Crippen molar-refractivity contribution in [2.24, 2.45) is 17.8 Å². The average Bonchev–Trinajstić information content (AvgIpc) is 3.72. The SMILES string of the molecule is O=C(C1CC1)N1CCN(C(=O)[C@H]2CC[C@H](Cn3c(=O)c4ccccc4n(C(F)F)c3=O)CC2)CC1. The lowest BCUT2D eigenvalue weighted by Gasteiger charge is -2.38. The number of carbonyl (C=O) groups is 2. The third-order valence-corrected chi connectivity index (χ3v) is 7.74. The maximum Gasteiger partial charge on any atom is 0.335 e. The molecular formula is C25H30F2N4O4. The molecule has 3 fully saturated rings. The highest BCUT2D eigenvalue weighted by molar-refractivity contribution is 5.82. The fraction of sp³-hybridized carbons (Fsp3) is 0.600. The van der Waals surface area contributed by atoms with E-state index in [0.29, 0.717) is 56.4 Å². The van der Waals surface area contributed by atoms with E-state index in [1.807, 2.05) is 9.80 Å². The molecule has 2 aliphatic carbocycles. The Kier molecular flexibility index (Phi) is 6.46. The van der Waals surface area contributed by atoms with Gasteiger partial charge in [0.15, 0.2) is 0 Å². The zero-order valence-corrected chi connectivity index (χ0v) is 19.6. The molecule has 8 nitrogen and oxygen atoms in total. The van der Waals surface area contributed by atoms with Crippen LogP contribution in [-0.2, 0) is 16.1 Å². The van der Waals surface area contributed by atoms with Gasteiger partial charge < -0.3 is 9.80 Å². The lowest BCUT2D eigenvalue weighted by atomic mass is 9.81. The number of para-hydroxylation sites is 1. The number of hydrogen-bond acceptors (Lipinski definition) is 4. The molecule has 2 heterocycles. The second-order valence-electron chi connectivity index (χ2n) is 10.0. The van der Waals surface area contributed by atoms with Crippen molar-refractivity contribution in [3.63, 3.8) is 0 Å². The van der Waals surface area contributed by atoms with Crippen molar-refractivity contribution in [2.75, 3.05) is 26.2 Å². The van der Waals surface area contributed by atoms with Crippen molar-refractivity contribution in [3.8, 4) is 0 Å². The van der Waals surface area contributed by atoms with Gasteiger partial charge >= 0.3 is 12.2 Å². The Balaban J connectivity index is 1.21. The summed E-state index contributed by atoms with van der Waals surface area (Å²) in [5.74, 6) is 0.345. The van der Waals surface area contributed by atoms with Crippen LogP contribution in [0.2, 0.25) is 0 Å². The van der Waals surface area contributed by atoms with E-state index in [9.17, 15) is 28.0 Å². The maximum absolute atomic E-state index is 13.7. The first-order valence-electron chi connectivity index (χ1n) is 12.4. The minimum absolute atomic E-state index is 0.0373. The molecule has 0 spiro atoms. The van der Waals surface area contributed by atoms with Crippen molar-refractivity contribution < 1.29 is 18.4 Å². The molecule has 1 aromatic heterocycles. The number of aromatic nitrogens is 2. The predicted octanol–water partition coefficient (Wildman–Crippen LogP) is 2.45. The van der Waals surface area contributed by atoms with Gasteiger partial charge in [-0.05, 0) is 56.6 Å². The largest absolute Gasteiger partial charge is 0.339 e. The van der Waals surface area contributed by atoms with E-state index in [0.717, 1.165) is 17.4 Å². The summed E-state index contributed by atoms with van der Waals surface area (Å²) in [6, 6.07) is 5.92. The normalized spacial score (nSPS) is 23.2. The minimum Gasteiger partial charge on any atom is -0.339 e. The van der Waals surface area contributed by atoms with E-state index in [1.54, 1.807) is 6.07 Å². The first-order valence-corrected chi connectivity index (χ1v) is 12.4. The van der Waals surface area contributed by atoms with Crippen LogP contribution in [0.4, 0.5) is 8.78 Å². The first kappa shape index (κ1) is 23.7. The fourth-order valence-electron chi connectivity index (χ4n) is 5.52. The Bertz CT molecular complexity index is 1240. The summed E-state index contributed by atoms with van der Waals surface area (Å²) in [5.41, 5.74) is -1.62. The van der Waals surface area contributed by atoms with Crippen LogP contribution >= 0.6 is 0 Å². The summed E-state index contributed by atoms with van der Waals surface area (Å²) in [4.78, 5) is 54.7. The molecule has 0 N–H and O–H groups in total. The lowest BCUT2D eigenvalue weighted by molar-refractivity contribution is -0.143. The molecule has 2 saturated carbocycles. The lowest BCUT2D eigenvalue weighted by Crippen LogP contribution is -2.52. The van der Waals surface area contributed by atoms with Crippen molar-refractivity contribution in [2.45, 2.75) is 51.6 Å². The van der Waals surface area contributed by atoms with Crippen LogP contribution < -0.4 is 11.2 Å². The molecule has 0 atom stereocenters. The molecule has 35 heavy (non-hydrogen) atoms. The highest BCUT2D eigenvalue weighted by atomic mass is 19.3. The molecule has 1 aliphatic heterocycles. The number of fused-ring (bicyclic) bond motifs is 1. The van der Waals surface area contributed by atoms with Crippen molar-refractivity contribution in [1.82, 2.24) is 18.9 Å². The molecule has 0 unspecified atom stereocenters. The van der Waals surface area contributed by atoms with Gasteiger partial charge in [-0.15, -0.1) is 0 Å². The molecular weight excluding hydrogens is 458 g/mol. The quantitative estimate of drug-likeness (QED) is 0.647. The second kappa shape index (κ2) is 9.54. The smallest absolute Gasteiger partial charge is 0.335 e. The predicted molar refractivity (Wildman–Crippen MR) is 125 cm³/mol. The number of nitrogens with zero attached hydrogens (tertiary/aromatic N) is 4. The number of rotatable bonds is 5. The first-order chi connectivity index (χ1) is 16.8. The summed E-state index contributed by atoms with van der Waals surface area (Å²) in [5, 5.41) is 0.0931. The monoisotopic (exact) mass is 488 g/mol. The minimum atomic E-state index is -3.05. The fourth-order valence-corrected chi connectivity index (χ4v) is 5.52. The highest BCUT2D eigenvalue weighted by Gasteiger charge is 2.36. The van der Waals surface area contributed by atoms with Crippen LogP contribution in [-0.4, -0.2) is 56.9 Å². The van der Waals surface area contributed by atoms with Gasteiger partial charge in [-0.1, -0.05) is 12.1 Å². The summed E-state index contributed by atoms with van der Waals surface area (Å²) in [6.45, 7) is -0.714. The molecule has 0 bridgehead atoms. The van der Waals surface area contributed by atoms with E-state index in [1.165, 1.54) is 18.2 Å². The van der Waals surface area contributed by atoms with Gasteiger partial charge in [0.1, 0.15) is 0 Å². The number of carbonyl (C=O) groups excluding carboxylic acids is 2. The van der Waals surface area contributed by atoms with Crippen LogP contribution in [0, 0.1) is 17.8 Å². The molecule has 1 aromatic carbocycles. The van der Waals surface area contributed by atoms with Gasteiger partial charge in [0.25, 0.3) is 5.56 Å². The molecule has 10 heteroatoms. The van der Waals surface area contributed by atoms with Crippen molar-refractivity contribution >= 4 is 22.7 Å². The number of hydrogen-bond donors (Lipinski definition) is 0. The van der Waals surface area contributed by atoms with Crippen LogP contribution in [0.15, 0.2) is 33.9 Å². The summed E-state index contributed by atoms with van der Waals surface area (Å²) in [6.07, 6.45) is 4.51. The molecule has 2 aromatic rings. The second-order valence-corrected chi connectivity index (χ2v) is 10.0. The maximum atomic E-state index is 13.7. The Morgan fingerprint density at radius 2 is 1.34 bits per heavy atom. The van der Waals surface area contributed by atoms with E-state index in [-0.39, 0.29) is 47.0 Å². The average molecular weight is 489 g/mol. The zero-order chi connectivity index (χ0) is 24.7. The third-order valence-electron chi connectivity index (χ3n) is 7.74. The summed E-state index contributed by atoms with van der Waals surface area (Å²) < 4.78 is 28.6. The molecule has 1 saturated heterocycles. The highest BCUT2D eigenvalue weighted by Crippen LogP contribution is 2.33. The Morgan fingerprint density at radius 3 is 1.86 bits per heavy atom. The van der Waals surface area contributed by atoms with Crippen molar-refractivity contribution in [1.29, 1.82) is 0 Å². The van der Waals surface area contributed by atoms with E-state index in [4.69, 9.17) is 0 Å². The number of benzene rings is 1.